The highest BCUT2D eigenvalue weighted by Crippen LogP contribution is 2.27. The van der Waals surface area contributed by atoms with E-state index in [1.165, 1.54) is 0 Å². The van der Waals surface area contributed by atoms with Gasteiger partial charge in [0.25, 0.3) is 0 Å². The Labute approximate surface area is 106 Å². The third-order valence-corrected chi connectivity index (χ3v) is 4.40. The van der Waals surface area contributed by atoms with Crippen molar-refractivity contribution in [2.24, 2.45) is 10.7 Å². The van der Waals surface area contributed by atoms with Crippen molar-refractivity contribution in [3.63, 3.8) is 0 Å². The minimum atomic E-state index is -0.652. The Balaban J connectivity index is 1.69. The fraction of sp³-hybridized carbons (Fsp3) is 0.909. The predicted molar refractivity (Wildman–Crippen MR) is 70.4 cm³/mol. The average Bonchev–Trinajstić information content (AvgIpc) is 2.95. The summed E-state index contributed by atoms with van der Waals surface area (Å²) in [5.41, 5.74) is 5.10. The van der Waals surface area contributed by atoms with Crippen molar-refractivity contribution >= 4 is 17.7 Å². The lowest BCUT2D eigenvalue weighted by molar-refractivity contribution is 0.0778. The molecule has 0 aromatic carbocycles. The molecule has 2 heterocycles. The monoisotopic (exact) mass is 259 g/mol. The quantitative estimate of drug-likeness (QED) is 0.487. The Kier molecular flexibility index (Phi) is 4.53. The Hall–Kier alpha value is -0.460. The second-order valence-corrected chi connectivity index (χ2v) is 5.85. The minimum absolute atomic E-state index is 0.258. The fourth-order valence-electron chi connectivity index (χ4n) is 2.03. The summed E-state index contributed by atoms with van der Waals surface area (Å²) in [6.45, 7) is 1.95. The maximum atomic E-state index is 10.1. The van der Waals surface area contributed by atoms with Gasteiger partial charge >= 0.3 is 0 Å². The van der Waals surface area contributed by atoms with Gasteiger partial charge in [0, 0.05) is 18.9 Å². The van der Waals surface area contributed by atoms with Crippen LogP contribution in [0.5, 0.6) is 0 Å². The molecule has 2 aliphatic heterocycles. The lowest BCUT2D eigenvalue weighted by Crippen LogP contribution is -2.39. The van der Waals surface area contributed by atoms with Crippen LogP contribution in [-0.2, 0) is 4.74 Å². The van der Waals surface area contributed by atoms with Gasteiger partial charge in [-0.2, -0.15) is 11.8 Å². The summed E-state index contributed by atoms with van der Waals surface area (Å²) in [5.74, 6) is 2.18. The molecule has 0 bridgehead atoms. The number of hydrogen-bond acceptors (Lipinski definition) is 4. The molecule has 17 heavy (non-hydrogen) atoms. The van der Waals surface area contributed by atoms with Crippen LogP contribution >= 0.6 is 11.8 Å². The summed E-state index contributed by atoms with van der Waals surface area (Å²) < 4.78 is 5.48. The summed E-state index contributed by atoms with van der Waals surface area (Å²) in [7, 11) is 0. The Morgan fingerprint density at radius 1 is 1.65 bits per heavy atom. The van der Waals surface area contributed by atoms with Crippen LogP contribution in [0.25, 0.3) is 0 Å². The first-order valence-electron chi connectivity index (χ1n) is 6.13. The number of guanidine groups is 1. The topological polar surface area (TPSA) is 79.9 Å². The predicted octanol–water partition coefficient (Wildman–Crippen LogP) is -0.0623. The zero-order valence-corrected chi connectivity index (χ0v) is 10.8. The fourth-order valence-corrected chi connectivity index (χ4v) is 3.32. The number of rotatable bonds is 4. The van der Waals surface area contributed by atoms with Gasteiger partial charge in [-0.1, -0.05) is 0 Å². The molecule has 2 fully saturated rings. The van der Waals surface area contributed by atoms with E-state index in [0.717, 1.165) is 37.4 Å². The Morgan fingerprint density at radius 3 is 3.18 bits per heavy atom. The molecule has 4 N–H and O–H groups in total. The lowest BCUT2D eigenvalue weighted by Gasteiger charge is -2.19. The first kappa shape index (κ1) is 13.0. The Morgan fingerprint density at radius 2 is 2.53 bits per heavy atom. The number of nitrogens with one attached hydrogen (secondary N) is 1. The van der Waals surface area contributed by atoms with E-state index in [0.29, 0.717) is 19.0 Å². The number of thioether (sulfide) groups is 1. The lowest BCUT2D eigenvalue weighted by atomic mass is 10.1. The molecule has 2 atom stereocenters. The van der Waals surface area contributed by atoms with Crippen molar-refractivity contribution in [3.8, 4) is 0 Å². The van der Waals surface area contributed by atoms with E-state index in [4.69, 9.17) is 10.5 Å². The molecule has 6 heteroatoms. The SMILES string of the molecule is NC(=NCC1(O)CCSC1)NCC1CCCO1. The first-order chi connectivity index (χ1) is 8.18. The molecule has 2 aliphatic rings. The average molecular weight is 259 g/mol. The molecule has 5 nitrogen and oxygen atoms in total. The zero-order chi connectivity index (χ0) is 12.1. The minimum Gasteiger partial charge on any atom is -0.387 e. The molecular formula is C11H21N3O2S. The second kappa shape index (κ2) is 5.93. The largest absolute Gasteiger partial charge is 0.387 e. The summed E-state index contributed by atoms with van der Waals surface area (Å²) in [4.78, 5) is 4.20. The van der Waals surface area contributed by atoms with Gasteiger partial charge in [-0.3, -0.25) is 4.99 Å². The summed E-state index contributed by atoms with van der Waals surface area (Å²) >= 11 is 1.77. The van der Waals surface area contributed by atoms with E-state index in [9.17, 15) is 5.11 Å². The summed E-state index contributed by atoms with van der Waals surface area (Å²) in [6.07, 6.45) is 3.27. The number of hydrogen-bond donors (Lipinski definition) is 3. The normalized spacial score (nSPS) is 34.2. The molecule has 0 aromatic rings. The van der Waals surface area contributed by atoms with E-state index in [1.807, 2.05) is 0 Å². The molecule has 2 saturated heterocycles. The van der Waals surface area contributed by atoms with Crippen LogP contribution in [-0.4, -0.2) is 54.0 Å². The van der Waals surface area contributed by atoms with Gasteiger partial charge in [-0.25, -0.2) is 0 Å². The van der Waals surface area contributed by atoms with Gasteiger partial charge in [0.05, 0.1) is 18.2 Å². The number of aliphatic imine (C=N–C) groups is 1. The smallest absolute Gasteiger partial charge is 0.188 e. The van der Waals surface area contributed by atoms with Crippen molar-refractivity contribution < 1.29 is 9.84 Å². The van der Waals surface area contributed by atoms with Gasteiger partial charge in [-0.05, 0) is 25.0 Å². The van der Waals surface area contributed by atoms with Crippen molar-refractivity contribution in [2.75, 3.05) is 31.2 Å². The highest BCUT2D eigenvalue weighted by Gasteiger charge is 2.31. The van der Waals surface area contributed by atoms with Crippen LogP contribution in [0.3, 0.4) is 0 Å². The van der Waals surface area contributed by atoms with E-state index in [2.05, 4.69) is 10.3 Å². The van der Waals surface area contributed by atoms with Crippen molar-refractivity contribution in [3.05, 3.63) is 0 Å². The third-order valence-electron chi connectivity index (χ3n) is 3.16. The van der Waals surface area contributed by atoms with Crippen LogP contribution in [0.4, 0.5) is 0 Å². The summed E-state index contributed by atoms with van der Waals surface area (Å²) in [6, 6.07) is 0. The maximum Gasteiger partial charge on any atom is 0.188 e. The van der Waals surface area contributed by atoms with E-state index in [-0.39, 0.29) is 6.10 Å². The van der Waals surface area contributed by atoms with Gasteiger partial charge in [-0.15, -0.1) is 0 Å². The molecule has 2 unspecified atom stereocenters. The molecule has 0 saturated carbocycles. The standard InChI is InChI=1S/C11H21N3O2S/c12-10(13-6-9-2-1-4-16-9)14-7-11(15)3-5-17-8-11/h9,15H,1-8H2,(H3,12,13,14). The van der Waals surface area contributed by atoms with Crippen LogP contribution in [0.2, 0.25) is 0 Å². The van der Waals surface area contributed by atoms with E-state index in [1.54, 1.807) is 11.8 Å². The molecule has 0 spiro atoms. The van der Waals surface area contributed by atoms with Gasteiger partial charge in [0.1, 0.15) is 0 Å². The molecule has 0 radical (unpaired) electrons. The van der Waals surface area contributed by atoms with Crippen LogP contribution in [0.15, 0.2) is 4.99 Å². The Bertz CT molecular complexity index is 274. The zero-order valence-electron chi connectivity index (χ0n) is 10.0. The van der Waals surface area contributed by atoms with Crippen LogP contribution in [0.1, 0.15) is 19.3 Å². The number of nitrogens with zero attached hydrogens (tertiary/aromatic N) is 1. The van der Waals surface area contributed by atoms with Crippen LogP contribution < -0.4 is 11.1 Å². The molecule has 0 amide bonds. The molecule has 0 aromatic heterocycles. The third kappa shape index (κ3) is 4.04. The van der Waals surface area contributed by atoms with Gasteiger partial charge in [0.15, 0.2) is 5.96 Å². The molecular weight excluding hydrogens is 238 g/mol. The highest BCUT2D eigenvalue weighted by molar-refractivity contribution is 7.99. The number of aliphatic hydroxyl groups is 1. The van der Waals surface area contributed by atoms with Crippen LogP contribution in [0, 0.1) is 0 Å². The van der Waals surface area contributed by atoms with Crippen molar-refractivity contribution in [2.45, 2.75) is 31.0 Å². The van der Waals surface area contributed by atoms with E-state index < -0.39 is 5.60 Å². The number of nitrogens with two attached hydrogens (primary N) is 1. The van der Waals surface area contributed by atoms with Gasteiger partial charge < -0.3 is 20.9 Å². The molecule has 0 aliphatic carbocycles. The first-order valence-corrected chi connectivity index (χ1v) is 7.29. The van der Waals surface area contributed by atoms with E-state index >= 15 is 0 Å². The van der Waals surface area contributed by atoms with Gasteiger partial charge in [0.2, 0.25) is 0 Å². The highest BCUT2D eigenvalue weighted by atomic mass is 32.2. The van der Waals surface area contributed by atoms with Crippen molar-refractivity contribution in [1.29, 1.82) is 0 Å². The second-order valence-electron chi connectivity index (χ2n) is 4.74. The molecule has 2 rings (SSSR count). The van der Waals surface area contributed by atoms with Crippen molar-refractivity contribution in [1.82, 2.24) is 5.32 Å². The number of ether oxygens (including phenoxy) is 1. The summed E-state index contributed by atoms with van der Waals surface area (Å²) in [5, 5.41) is 13.1. The molecule has 98 valence electrons. The maximum absolute atomic E-state index is 10.1.